The second kappa shape index (κ2) is 10.5. The van der Waals surface area contributed by atoms with Gasteiger partial charge in [0.05, 0.1) is 18.2 Å². The molecule has 0 spiro atoms. The van der Waals surface area contributed by atoms with Crippen LogP contribution in [0.2, 0.25) is 0 Å². The fourth-order valence-electron chi connectivity index (χ4n) is 2.84. The number of hydrogen-bond acceptors (Lipinski definition) is 6. The predicted molar refractivity (Wildman–Crippen MR) is 122 cm³/mol. The summed E-state index contributed by atoms with van der Waals surface area (Å²) in [6.07, 6.45) is 3.54. The number of aromatic carboxylic acids is 1. The number of carbonyl (C=O) groups excluding carboxylic acids is 1. The van der Waals surface area contributed by atoms with Crippen molar-refractivity contribution in [3.63, 3.8) is 0 Å². The average molecular weight is 430 g/mol. The van der Waals surface area contributed by atoms with Crippen LogP contribution in [0.15, 0.2) is 83.6 Å². The molecule has 4 N–H and O–H groups in total. The second-order valence-corrected chi connectivity index (χ2v) is 6.68. The summed E-state index contributed by atoms with van der Waals surface area (Å²) in [7, 11) is 1.37. The van der Waals surface area contributed by atoms with Crippen molar-refractivity contribution >= 4 is 23.9 Å². The van der Waals surface area contributed by atoms with Gasteiger partial charge in [0.25, 0.3) is 5.91 Å². The Balaban J connectivity index is 1.63. The van der Waals surface area contributed by atoms with E-state index in [4.69, 9.17) is 15.6 Å². The van der Waals surface area contributed by atoms with Gasteiger partial charge in [-0.15, -0.1) is 0 Å². The van der Waals surface area contributed by atoms with Crippen molar-refractivity contribution in [3.05, 3.63) is 89.8 Å². The molecule has 8 nitrogen and oxygen atoms in total. The molecule has 0 aliphatic carbocycles. The maximum atomic E-state index is 12.5. The number of methoxy groups -OCH3 is 1. The molecule has 0 saturated heterocycles. The topological polar surface area (TPSA) is 127 Å². The highest BCUT2D eigenvalue weighted by molar-refractivity contribution is 6.12. The summed E-state index contributed by atoms with van der Waals surface area (Å²) in [6, 6.07) is 19.2. The largest absolute Gasteiger partial charge is 0.493 e. The molecule has 1 heterocycles. The van der Waals surface area contributed by atoms with Crippen LogP contribution in [0.1, 0.15) is 15.9 Å². The molecule has 0 atom stereocenters. The van der Waals surface area contributed by atoms with Crippen LogP contribution in [-0.2, 0) is 11.3 Å². The molecule has 1 amide bonds. The Bertz CT molecular complexity index is 1160. The number of nitrogens with two attached hydrogens (primary N) is 1. The van der Waals surface area contributed by atoms with Crippen molar-refractivity contribution in [1.29, 1.82) is 0 Å². The molecule has 0 unspecified atom stereocenters. The molecule has 2 aromatic carbocycles. The fraction of sp³-hybridized carbons (Fsp3) is 0.0833. The summed E-state index contributed by atoms with van der Waals surface area (Å²) in [5.74, 6) is -1.26. The van der Waals surface area contributed by atoms with Gasteiger partial charge in [-0.3, -0.25) is 4.79 Å². The van der Waals surface area contributed by atoms with Crippen LogP contribution >= 0.6 is 0 Å². The molecule has 0 aliphatic rings. The Labute approximate surface area is 185 Å². The molecule has 8 heteroatoms. The van der Waals surface area contributed by atoms with Crippen molar-refractivity contribution in [3.8, 4) is 16.9 Å². The number of aromatic nitrogens is 1. The van der Waals surface area contributed by atoms with E-state index in [1.54, 1.807) is 0 Å². The van der Waals surface area contributed by atoms with E-state index < -0.39 is 11.9 Å². The number of pyridine rings is 1. The van der Waals surface area contributed by atoms with E-state index >= 15 is 0 Å². The Morgan fingerprint density at radius 1 is 1.12 bits per heavy atom. The minimum absolute atomic E-state index is 0.0357. The number of aliphatic imine (C=N–C) groups is 1. The van der Waals surface area contributed by atoms with Gasteiger partial charge in [-0.05, 0) is 16.7 Å². The number of hydrogen-bond donors (Lipinski definition) is 3. The summed E-state index contributed by atoms with van der Waals surface area (Å²) in [4.78, 5) is 31.6. The van der Waals surface area contributed by atoms with Crippen LogP contribution in [0.5, 0.6) is 5.75 Å². The van der Waals surface area contributed by atoms with Gasteiger partial charge >= 0.3 is 5.97 Å². The van der Waals surface area contributed by atoms with Crippen molar-refractivity contribution < 1.29 is 19.4 Å². The number of benzene rings is 2. The third-order valence-corrected chi connectivity index (χ3v) is 4.58. The first-order chi connectivity index (χ1) is 15.5. The van der Waals surface area contributed by atoms with Crippen LogP contribution in [0.3, 0.4) is 0 Å². The van der Waals surface area contributed by atoms with E-state index in [-0.39, 0.29) is 22.7 Å². The Hall–Kier alpha value is -4.46. The fourth-order valence-corrected chi connectivity index (χ4v) is 2.84. The highest BCUT2D eigenvalue weighted by atomic mass is 16.5. The van der Waals surface area contributed by atoms with E-state index in [0.717, 1.165) is 29.1 Å². The lowest BCUT2D eigenvalue weighted by atomic mass is 10.0. The highest BCUT2D eigenvalue weighted by Gasteiger charge is 2.11. The first-order valence-corrected chi connectivity index (χ1v) is 9.67. The van der Waals surface area contributed by atoms with Gasteiger partial charge < -0.3 is 20.9 Å². The third kappa shape index (κ3) is 5.57. The van der Waals surface area contributed by atoms with Crippen LogP contribution in [0.4, 0.5) is 5.82 Å². The van der Waals surface area contributed by atoms with Gasteiger partial charge in [-0.2, -0.15) is 0 Å². The van der Waals surface area contributed by atoms with Gasteiger partial charge in [0.1, 0.15) is 0 Å². The van der Waals surface area contributed by atoms with E-state index in [1.165, 1.54) is 19.4 Å². The molecule has 0 fully saturated rings. The second-order valence-electron chi connectivity index (χ2n) is 6.68. The number of nitrogens with one attached hydrogen (secondary N) is 1. The van der Waals surface area contributed by atoms with E-state index in [2.05, 4.69) is 15.3 Å². The van der Waals surface area contributed by atoms with Crippen molar-refractivity contribution in [1.82, 2.24) is 10.3 Å². The summed E-state index contributed by atoms with van der Waals surface area (Å²) in [5.41, 5.74) is 8.81. The van der Waals surface area contributed by atoms with Crippen LogP contribution in [0.25, 0.3) is 11.1 Å². The highest BCUT2D eigenvalue weighted by Crippen LogP contribution is 2.25. The molecule has 0 saturated carbocycles. The summed E-state index contributed by atoms with van der Waals surface area (Å²) in [6.45, 7) is 0.313. The molecule has 0 bridgehead atoms. The lowest BCUT2D eigenvalue weighted by Crippen LogP contribution is -2.25. The van der Waals surface area contributed by atoms with Crippen LogP contribution < -0.4 is 15.8 Å². The maximum Gasteiger partial charge on any atom is 0.337 e. The molecular formula is C24H22N4O4. The normalized spacial score (nSPS) is 11.3. The molecule has 0 aliphatic heterocycles. The Morgan fingerprint density at radius 3 is 2.44 bits per heavy atom. The average Bonchev–Trinajstić information content (AvgIpc) is 2.83. The predicted octanol–water partition coefficient (Wildman–Crippen LogP) is 3.32. The zero-order chi connectivity index (χ0) is 22.9. The standard InChI is InChI=1S/C24H22N4O4/c1-32-21-11-19(24(30)31)14-26-22(21)27-15-20(12-25)23(29)28-13-16-7-9-18(10-8-16)17-5-3-2-4-6-17/h2-12,14-15H,13,25H2,1H3,(H,28,29)(H,30,31)/b20-12+,27-15+. The number of amides is 1. The lowest BCUT2D eigenvalue weighted by molar-refractivity contribution is -0.117. The lowest BCUT2D eigenvalue weighted by Gasteiger charge is -2.08. The smallest absolute Gasteiger partial charge is 0.337 e. The number of carboxylic acid groups (broad SMARTS) is 1. The van der Waals surface area contributed by atoms with Gasteiger partial charge in [0.15, 0.2) is 11.6 Å². The third-order valence-electron chi connectivity index (χ3n) is 4.58. The monoisotopic (exact) mass is 430 g/mol. The summed E-state index contributed by atoms with van der Waals surface area (Å²) >= 11 is 0. The maximum absolute atomic E-state index is 12.5. The van der Waals surface area contributed by atoms with Crippen LogP contribution in [-0.4, -0.2) is 35.3 Å². The van der Waals surface area contributed by atoms with E-state index in [9.17, 15) is 9.59 Å². The molecule has 32 heavy (non-hydrogen) atoms. The van der Waals surface area contributed by atoms with Crippen molar-refractivity contribution in [2.45, 2.75) is 6.54 Å². The molecule has 3 aromatic rings. The number of rotatable bonds is 8. The summed E-state index contributed by atoms with van der Waals surface area (Å²) in [5, 5.41) is 11.8. The van der Waals surface area contributed by atoms with Crippen molar-refractivity contribution in [2.24, 2.45) is 10.7 Å². The van der Waals surface area contributed by atoms with Crippen LogP contribution in [0, 0.1) is 0 Å². The van der Waals surface area contributed by atoms with Gasteiger partial charge in [0.2, 0.25) is 0 Å². The van der Waals surface area contributed by atoms with Gasteiger partial charge in [0, 0.05) is 31.2 Å². The quantitative estimate of drug-likeness (QED) is 0.372. The minimum atomic E-state index is -1.13. The van der Waals surface area contributed by atoms with Gasteiger partial charge in [-0.1, -0.05) is 54.6 Å². The van der Waals surface area contributed by atoms with Gasteiger partial charge in [-0.25, -0.2) is 14.8 Å². The first kappa shape index (κ1) is 22.2. The Kier molecular flexibility index (Phi) is 7.32. The zero-order valence-corrected chi connectivity index (χ0v) is 17.4. The minimum Gasteiger partial charge on any atom is -0.493 e. The number of carbonyl (C=O) groups is 2. The Morgan fingerprint density at radius 2 is 1.81 bits per heavy atom. The molecule has 162 valence electrons. The molecule has 0 radical (unpaired) electrons. The van der Waals surface area contributed by atoms with Crippen molar-refractivity contribution in [2.75, 3.05) is 7.11 Å². The molecular weight excluding hydrogens is 408 g/mol. The summed E-state index contributed by atoms with van der Waals surface area (Å²) < 4.78 is 5.12. The SMILES string of the molecule is COc1cc(C(=O)O)cnc1/N=C/C(=C\N)C(=O)NCc1ccc(-c2ccccc2)cc1. The number of nitrogens with zero attached hydrogens (tertiary/aromatic N) is 2. The van der Waals surface area contributed by atoms with E-state index in [1.807, 2.05) is 54.6 Å². The van der Waals surface area contributed by atoms with E-state index in [0.29, 0.717) is 6.54 Å². The number of ether oxygens (including phenoxy) is 1. The zero-order valence-electron chi connectivity index (χ0n) is 17.4. The molecule has 1 aromatic heterocycles. The first-order valence-electron chi connectivity index (χ1n) is 9.67. The molecule has 3 rings (SSSR count). The number of carboxylic acids is 1.